The highest BCUT2D eigenvalue weighted by Gasteiger charge is 2.35. The second kappa shape index (κ2) is 11.5. The van der Waals surface area contributed by atoms with Gasteiger partial charge in [0.2, 0.25) is 0 Å². The van der Waals surface area contributed by atoms with Crippen molar-refractivity contribution in [3.8, 4) is 5.75 Å². The third-order valence-electron chi connectivity index (χ3n) is 6.09. The molecule has 2 heterocycles. The van der Waals surface area contributed by atoms with Crippen molar-refractivity contribution in [2.24, 2.45) is 7.05 Å². The summed E-state index contributed by atoms with van der Waals surface area (Å²) in [5.74, 6) is -0.456. The highest BCUT2D eigenvalue weighted by Crippen LogP contribution is 2.33. The second-order valence-electron chi connectivity index (χ2n) is 8.69. The van der Waals surface area contributed by atoms with E-state index in [9.17, 15) is 18.0 Å². The first kappa shape index (κ1) is 27.8. The first-order chi connectivity index (χ1) is 16.6. The number of ether oxygens (including phenoxy) is 1. The normalized spacial score (nSPS) is 16.5. The van der Waals surface area contributed by atoms with Crippen LogP contribution in [0.3, 0.4) is 0 Å². The molecule has 0 N–H and O–H groups in total. The van der Waals surface area contributed by atoms with Gasteiger partial charge in [-0.25, -0.2) is 0 Å². The summed E-state index contributed by atoms with van der Waals surface area (Å²) in [7, 11) is 3.14. The number of aromatic nitrogens is 2. The minimum atomic E-state index is -4.59. The van der Waals surface area contributed by atoms with Gasteiger partial charge in [0.05, 0.1) is 18.9 Å². The smallest absolute Gasteiger partial charge is 0.416 e. The van der Waals surface area contributed by atoms with Crippen molar-refractivity contribution in [1.29, 1.82) is 0 Å². The van der Waals surface area contributed by atoms with Crippen LogP contribution in [0, 0.1) is 0 Å². The van der Waals surface area contributed by atoms with Crippen molar-refractivity contribution in [1.82, 2.24) is 19.6 Å². The maximum absolute atomic E-state index is 13.5. The van der Waals surface area contributed by atoms with E-state index < -0.39 is 17.6 Å². The Balaban J connectivity index is 0.00000361. The predicted octanol–water partition coefficient (Wildman–Crippen LogP) is 5.09. The van der Waals surface area contributed by atoms with Crippen molar-refractivity contribution in [2.75, 3.05) is 26.7 Å². The highest BCUT2D eigenvalue weighted by atomic mass is 35.5. The van der Waals surface area contributed by atoms with Crippen molar-refractivity contribution < 1.29 is 22.7 Å². The van der Waals surface area contributed by atoms with Crippen LogP contribution < -0.4 is 4.74 Å². The van der Waals surface area contributed by atoms with Gasteiger partial charge in [-0.15, -0.1) is 12.4 Å². The summed E-state index contributed by atoms with van der Waals surface area (Å²) in [5.41, 5.74) is 1.09. The number of piperazine rings is 1. The molecule has 1 unspecified atom stereocenters. The summed E-state index contributed by atoms with van der Waals surface area (Å²) < 4.78 is 47.1. The molecular formula is C25H27Cl2F3N4O2. The number of nitrogens with zero attached hydrogens (tertiary/aromatic N) is 4. The van der Waals surface area contributed by atoms with Crippen LogP contribution in [0.1, 0.15) is 27.0 Å². The van der Waals surface area contributed by atoms with Gasteiger partial charge in [-0.3, -0.25) is 14.4 Å². The van der Waals surface area contributed by atoms with Crippen LogP contribution in [-0.4, -0.2) is 58.3 Å². The lowest BCUT2D eigenvalue weighted by Crippen LogP contribution is -2.55. The molecule has 1 saturated heterocycles. The zero-order valence-corrected chi connectivity index (χ0v) is 21.4. The van der Waals surface area contributed by atoms with E-state index in [4.69, 9.17) is 16.3 Å². The van der Waals surface area contributed by atoms with Crippen LogP contribution in [0.5, 0.6) is 5.75 Å². The number of alkyl halides is 3. The lowest BCUT2D eigenvalue weighted by molar-refractivity contribution is -0.137. The van der Waals surface area contributed by atoms with Gasteiger partial charge in [0, 0.05) is 61.6 Å². The monoisotopic (exact) mass is 542 g/mol. The molecule has 1 atom stereocenters. The van der Waals surface area contributed by atoms with Gasteiger partial charge < -0.3 is 9.64 Å². The van der Waals surface area contributed by atoms with Gasteiger partial charge in [-0.2, -0.15) is 18.3 Å². The van der Waals surface area contributed by atoms with E-state index >= 15 is 0 Å². The first-order valence-corrected chi connectivity index (χ1v) is 11.5. The van der Waals surface area contributed by atoms with E-state index in [1.165, 1.54) is 13.2 Å². The number of hydrogen-bond donors (Lipinski definition) is 0. The van der Waals surface area contributed by atoms with Crippen molar-refractivity contribution in [2.45, 2.75) is 25.2 Å². The highest BCUT2D eigenvalue weighted by molar-refractivity contribution is 6.30. The molecule has 11 heteroatoms. The Morgan fingerprint density at radius 1 is 1.14 bits per heavy atom. The molecular weight excluding hydrogens is 516 g/mol. The number of halogens is 5. The number of aryl methyl sites for hydroxylation is 1. The topological polar surface area (TPSA) is 50.6 Å². The minimum absolute atomic E-state index is 0. The number of hydrogen-bond acceptors (Lipinski definition) is 4. The van der Waals surface area contributed by atoms with Gasteiger partial charge in [0.15, 0.2) is 0 Å². The van der Waals surface area contributed by atoms with Gasteiger partial charge >= 0.3 is 6.18 Å². The summed E-state index contributed by atoms with van der Waals surface area (Å²) in [4.78, 5) is 17.4. The van der Waals surface area contributed by atoms with Crippen LogP contribution in [0.25, 0.3) is 0 Å². The first-order valence-electron chi connectivity index (χ1n) is 11.1. The second-order valence-corrected chi connectivity index (χ2v) is 9.12. The largest absolute Gasteiger partial charge is 0.497 e. The minimum Gasteiger partial charge on any atom is -0.497 e. The molecule has 3 aromatic rings. The molecule has 4 rings (SSSR count). The molecule has 1 fully saturated rings. The lowest BCUT2D eigenvalue weighted by atomic mass is 10.00. The zero-order valence-electron chi connectivity index (χ0n) is 19.8. The van der Waals surface area contributed by atoms with Crippen LogP contribution in [0.2, 0.25) is 5.02 Å². The maximum Gasteiger partial charge on any atom is 0.416 e. The summed E-state index contributed by atoms with van der Waals surface area (Å²) in [6.07, 6.45) is -0.293. The molecule has 194 valence electrons. The van der Waals surface area contributed by atoms with E-state index in [1.54, 1.807) is 27.9 Å². The van der Waals surface area contributed by atoms with Crippen molar-refractivity contribution in [3.63, 3.8) is 0 Å². The summed E-state index contributed by atoms with van der Waals surface area (Å²) in [5, 5.41) is 4.82. The quantitative estimate of drug-likeness (QED) is 0.435. The molecule has 2 aromatic carbocycles. The molecule has 0 radical (unpaired) electrons. The van der Waals surface area contributed by atoms with E-state index in [-0.39, 0.29) is 29.8 Å². The van der Waals surface area contributed by atoms with E-state index in [0.29, 0.717) is 37.6 Å². The van der Waals surface area contributed by atoms with E-state index in [0.717, 1.165) is 23.3 Å². The molecule has 0 saturated carbocycles. The number of carbonyl (C=O) groups excluding carboxylic acids is 1. The van der Waals surface area contributed by atoms with Gasteiger partial charge in [0.25, 0.3) is 5.91 Å². The van der Waals surface area contributed by atoms with Crippen LogP contribution in [-0.2, 0) is 26.2 Å². The number of carbonyl (C=O) groups is 1. The number of benzene rings is 2. The third kappa shape index (κ3) is 6.72. The van der Waals surface area contributed by atoms with Gasteiger partial charge in [0.1, 0.15) is 5.75 Å². The van der Waals surface area contributed by atoms with Crippen molar-refractivity contribution >= 4 is 29.9 Å². The molecule has 1 aliphatic heterocycles. The van der Waals surface area contributed by atoms with Crippen molar-refractivity contribution in [3.05, 3.63) is 82.1 Å². The van der Waals surface area contributed by atoms with Crippen LogP contribution >= 0.6 is 24.0 Å². The molecule has 1 amide bonds. The molecule has 0 aliphatic carbocycles. The number of amides is 1. The maximum atomic E-state index is 13.5. The molecule has 0 bridgehead atoms. The fourth-order valence-electron chi connectivity index (χ4n) is 4.38. The number of rotatable bonds is 6. The fourth-order valence-corrected chi connectivity index (χ4v) is 4.51. The predicted molar refractivity (Wildman–Crippen MR) is 134 cm³/mol. The number of methoxy groups -OCH3 is 1. The van der Waals surface area contributed by atoms with E-state index in [1.807, 2.05) is 25.4 Å². The van der Waals surface area contributed by atoms with Crippen LogP contribution in [0.4, 0.5) is 13.2 Å². The van der Waals surface area contributed by atoms with Gasteiger partial charge in [-0.1, -0.05) is 23.7 Å². The molecule has 1 aromatic heterocycles. The Hall–Kier alpha value is -2.75. The van der Waals surface area contributed by atoms with Crippen LogP contribution in [0.15, 0.2) is 54.9 Å². The Bertz CT molecular complexity index is 1180. The fraction of sp³-hybridized carbons (Fsp3) is 0.360. The Morgan fingerprint density at radius 2 is 1.86 bits per heavy atom. The molecule has 6 nitrogen and oxygen atoms in total. The van der Waals surface area contributed by atoms with Gasteiger partial charge in [-0.05, 0) is 42.3 Å². The Morgan fingerprint density at radius 3 is 2.47 bits per heavy atom. The SMILES string of the molecule is COc1cc(C(=O)N2CCN(Cc3cnn(C)c3)CC2Cc2ccc(Cl)cc2)cc(C(F)(F)F)c1.Cl. The van der Waals surface area contributed by atoms with E-state index in [2.05, 4.69) is 10.00 Å². The Labute approximate surface area is 219 Å². The Kier molecular flexibility index (Phi) is 8.92. The third-order valence-corrected chi connectivity index (χ3v) is 6.35. The summed E-state index contributed by atoms with van der Waals surface area (Å²) in [6, 6.07) is 10.3. The summed E-state index contributed by atoms with van der Waals surface area (Å²) in [6.45, 7) is 2.22. The lowest BCUT2D eigenvalue weighted by Gasteiger charge is -2.41. The summed E-state index contributed by atoms with van der Waals surface area (Å²) >= 11 is 6.02. The average molecular weight is 543 g/mol. The average Bonchev–Trinajstić information content (AvgIpc) is 3.23. The molecule has 36 heavy (non-hydrogen) atoms. The molecule has 0 spiro atoms. The zero-order chi connectivity index (χ0) is 25.2. The molecule has 1 aliphatic rings. The standard InChI is InChI=1S/C25H26ClF3N4O2.ClH/c1-31-14-18(13-30-31)15-32-7-8-33(22(16-32)9-17-3-5-21(26)6-4-17)24(34)19-10-20(25(27,28)29)12-23(11-19)35-2;/h3-6,10-14,22H,7-9,15-16H2,1-2H3;1H.